The predicted molar refractivity (Wildman–Crippen MR) is 86.8 cm³/mol. The quantitative estimate of drug-likeness (QED) is 0.885. The summed E-state index contributed by atoms with van der Waals surface area (Å²) >= 11 is 0. The second kappa shape index (κ2) is 5.82. The van der Waals surface area contributed by atoms with Crippen molar-refractivity contribution in [1.82, 2.24) is 19.4 Å². The normalized spacial score (nSPS) is 23.0. The minimum Gasteiger partial charge on any atom is -0.465 e. The van der Waals surface area contributed by atoms with Gasteiger partial charge >= 0.3 is 6.09 Å². The monoisotopic (exact) mass is 351 g/mol. The number of carbonyl (C=O) groups is 1. The second-order valence-corrected chi connectivity index (χ2v) is 6.80. The molecule has 0 aromatic carbocycles. The molecule has 1 amide bonds. The molecule has 2 aromatic rings. The molecule has 9 heteroatoms. The highest BCUT2D eigenvalue weighted by Crippen LogP contribution is 2.35. The number of nitrogens with one attached hydrogen (secondary N) is 1. The molecule has 134 valence electrons. The number of carboxylic acid groups (broad SMARTS) is 1. The van der Waals surface area contributed by atoms with E-state index in [2.05, 4.69) is 15.3 Å². The molecule has 2 aromatic heterocycles. The number of amides is 1. The lowest BCUT2D eigenvalue weighted by atomic mass is 9.93. The molecule has 7 nitrogen and oxygen atoms in total. The summed E-state index contributed by atoms with van der Waals surface area (Å²) in [6, 6.07) is 2.27. The maximum Gasteiger partial charge on any atom is 0.407 e. The van der Waals surface area contributed by atoms with E-state index in [9.17, 15) is 13.6 Å². The van der Waals surface area contributed by atoms with Crippen LogP contribution in [0.15, 0.2) is 18.6 Å². The molecule has 0 radical (unpaired) electrons. The summed E-state index contributed by atoms with van der Waals surface area (Å²) in [6.45, 7) is -0.530. The Morgan fingerprint density at radius 1 is 1.36 bits per heavy atom. The van der Waals surface area contributed by atoms with Crippen molar-refractivity contribution in [3.8, 4) is 0 Å². The number of anilines is 1. The van der Waals surface area contributed by atoms with Crippen LogP contribution in [-0.2, 0) is 6.54 Å². The van der Waals surface area contributed by atoms with Crippen molar-refractivity contribution in [2.45, 2.75) is 37.8 Å². The zero-order chi connectivity index (χ0) is 17.6. The van der Waals surface area contributed by atoms with Crippen LogP contribution in [0.4, 0.5) is 19.4 Å². The average Bonchev–Trinajstić information content (AvgIpc) is 3.28. The molecule has 1 aliphatic heterocycles. The van der Waals surface area contributed by atoms with Gasteiger partial charge in [-0.15, -0.1) is 0 Å². The van der Waals surface area contributed by atoms with Crippen LogP contribution in [0, 0.1) is 5.92 Å². The molecule has 4 rings (SSSR count). The van der Waals surface area contributed by atoms with Gasteiger partial charge in [0.15, 0.2) is 0 Å². The summed E-state index contributed by atoms with van der Waals surface area (Å²) in [7, 11) is 0. The average molecular weight is 351 g/mol. The van der Waals surface area contributed by atoms with E-state index in [1.54, 1.807) is 10.8 Å². The van der Waals surface area contributed by atoms with Crippen molar-refractivity contribution in [3.63, 3.8) is 0 Å². The van der Waals surface area contributed by atoms with Gasteiger partial charge in [-0.25, -0.2) is 23.5 Å². The van der Waals surface area contributed by atoms with Gasteiger partial charge in [-0.2, -0.15) is 0 Å². The molecular weight excluding hydrogens is 332 g/mol. The Labute approximate surface area is 142 Å². The number of rotatable bonds is 4. The highest BCUT2D eigenvalue weighted by molar-refractivity contribution is 5.87. The number of halogens is 2. The molecule has 1 aliphatic carbocycles. The molecule has 0 spiro atoms. The van der Waals surface area contributed by atoms with E-state index in [0.29, 0.717) is 11.7 Å². The SMILES string of the molecule is O=C(O)N1CCC(Cn2ccc3c(NC4CC4)ncnc32)C(F)(F)C1. The van der Waals surface area contributed by atoms with Gasteiger partial charge in [0.25, 0.3) is 5.92 Å². The third kappa shape index (κ3) is 3.10. The Morgan fingerprint density at radius 3 is 2.84 bits per heavy atom. The zero-order valence-electron chi connectivity index (χ0n) is 13.5. The summed E-state index contributed by atoms with van der Waals surface area (Å²) in [5.41, 5.74) is 0.620. The number of aromatic nitrogens is 3. The van der Waals surface area contributed by atoms with E-state index in [1.165, 1.54) is 6.33 Å². The van der Waals surface area contributed by atoms with Gasteiger partial charge in [0.2, 0.25) is 0 Å². The lowest BCUT2D eigenvalue weighted by Gasteiger charge is -2.37. The van der Waals surface area contributed by atoms with E-state index in [0.717, 1.165) is 28.9 Å². The maximum absolute atomic E-state index is 14.4. The van der Waals surface area contributed by atoms with Crippen LogP contribution in [0.2, 0.25) is 0 Å². The summed E-state index contributed by atoms with van der Waals surface area (Å²) < 4.78 is 30.4. The van der Waals surface area contributed by atoms with E-state index in [4.69, 9.17) is 5.11 Å². The van der Waals surface area contributed by atoms with Crippen molar-refractivity contribution < 1.29 is 18.7 Å². The fourth-order valence-corrected chi connectivity index (χ4v) is 3.30. The molecule has 1 unspecified atom stereocenters. The van der Waals surface area contributed by atoms with Crippen LogP contribution < -0.4 is 5.32 Å². The van der Waals surface area contributed by atoms with Gasteiger partial charge in [-0.3, -0.25) is 0 Å². The van der Waals surface area contributed by atoms with Crippen LogP contribution >= 0.6 is 0 Å². The first-order valence-electron chi connectivity index (χ1n) is 8.36. The summed E-state index contributed by atoms with van der Waals surface area (Å²) in [5.74, 6) is -3.25. The number of hydrogen-bond donors (Lipinski definition) is 2. The minimum atomic E-state index is -3.06. The van der Waals surface area contributed by atoms with Gasteiger partial charge in [0.05, 0.1) is 11.9 Å². The number of hydrogen-bond acceptors (Lipinski definition) is 4. The Kier molecular flexibility index (Phi) is 3.73. The van der Waals surface area contributed by atoms with Crippen LogP contribution in [0.3, 0.4) is 0 Å². The summed E-state index contributed by atoms with van der Waals surface area (Å²) in [5, 5.41) is 13.1. The van der Waals surface area contributed by atoms with Crippen molar-refractivity contribution in [3.05, 3.63) is 18.6 Å². The molecule has 25 heavy (non-hydrogen) atoms. The first kappa shape index (κ1) is 16.0. The number of likely N-dealkylation sites (tertiary alicyclic amines) is 1. The Morgan fingerprint density at radius 2 is 2.16 bits per heavy atom. The first-order chi connectivity index (χ1) is 11.9. The van der Waals surface area contributed by atoms with Crippen molar-refractivity contribution >= 4 is 22.9 Å². The van der Waals surface area contributed by atoms with Gasteiger partial charge < -0.3 is 19.9 Å². The van der Waals surface area contributed by atoms with Crippen molar-refractivity contribution in [2.75, 3.05) is 18.4 Å². The maximum atomic E-state index is 14.4. The Hall–Kier alpha value is -2.45. The van der Waals surface area contributed by atoms with E-state index >= 15 is 0 Å². The highest BCUT2D eigenvalue weighted by Gasteiger charge is 2.46. The largest absolute Gasteiger partial charge is 0.465 e. The van der Waals surface area contributed by atoms with Gasteiger partial charge in [-0.1, -0.05) is 0 Å². The van der Waals surface area contributed by atoms with E-state index in [1.807, 2.05) is 6.07 Å². The van der Waals surface area contributed by atoms with E-state index < -0.39 is 24.5 Å². The zero-order valence-corrected chi connectivity index (χ0v) is 13.5. The fourth-order valence-electron chi connectivity index (χ4n) is 3.30. The molecule has 2 aliphatic rings. The Balaban J connectivity index is 1.55. The lowest BCUT2D eigenvalue weighted by Crippen LogP contribution is -2.51. The molecule has 2 N–H and O–H groups in total. The van der Waals surface area contributed by atoms with Gasteiger partial charge in [-0.05, 0) is 25.3 Å². The Bertz CT molecular complexity index is 805. The van der Waals surface area contributed by atoms with Gasteiger partial charge in [0.1, 0.15) is 17.8 Å². The van der Waals surface area contributed by atoms with Crippen LogP contribution in [0.5, 0.6) is 0 Å². The second-order valence-electron chi connectivity index (χ2n) is 6.80. The van der Waals surface area contributed by atoms with Crippen molar-refractivity contribution in [2.24, 2.45) is 5.92 Å². The van der Waals surface area contributed by atoms with Crippen LogP contribution in [-0.4, -0.2) is 55.7 Å². The molecular formula is C16H19F2N5O2. The lowest BCUT2D eigenvalue weighted by molar-refractivity contribution is -0.108. The molecule has 3 heterocycles. The molecule has 0 bridgehead atoms. The van der Waals surface area contributed by atoms with Crippen LogP contribution in [0.25, 0.3) is 11.0 Å². The van der Waals surface area contributed by atoms with Crippen molar-refractivity contribution in [1.29, 1.82) is 0 Å². The standard InChI is InChI=1S/C16H19F2N5O2/c17-16(18)8-23(15(24)25)5-3-10(16)7-22-6-4-12-13(21-11-1-2-11)19-9-20-14(12)22/h4,6,9-11H,1-3,5,7-8H2,(H,24,25)(H,19,20,21). The van der Waals surface area contributed by atoms with E-state index in [-0.39, 0.29) is 19.5 Å². The number of fused-ring (bicyclic) bond motifs is 1. The third-order valence-corrected chi connectivity index (χ3v) is 4.91. The summed E-state index contributed by atoms with van der Waals surface area (Å²) in [6.07, 6.45) is 4.23. The first-order valence-corrected chi connectivity index (χ1v) is 8.36. The smallest absolute Gasteiger partial charge is 0.407 e. The molecule has 1 atom stereocenters. The van der Waals surface area contributed by atoms with Gasteiger partial charge in [0, 0.05) is 31.2 Å². The third-order valence-electron chi connectivity index (χ3n) is 4.91. The highest BCUT2D eigenvalue weighted by atomic mass is 19.3. The minimum absolute atomic E-state index is 0.101. The molecule has 1 saturated carbocycles. The molecule has 2 fully saturated rings. The van der Waals surface area contributed by atoms with Crippen LogP contribution in [0.1, 0.15) is 19.3 Å². The predicted octanol–water partition coefficient (Wildman–Crippen LogP) is 2.64. The number of alkyl halides is 2. The molecule has 1 saturated heterocycles. The fraction of sp³-hybridized carbons (Fsp3) is 0.562. The summed E-state index contributed by atoms with van der Waals surface area (Å²) in [4.78, 5) is 20.2. The number of nitrogens with zero attached hydrogens (tertiary/aromatic N) is 4. The topological polar surface area (TPSA) is 83.3 Å². The number of piperidine rings is 1.